The fourth-order valence-electron chi connectivity index (χ4n) is 3.39. The second-order valence-corrected chi connectivity index (χ2v) is 7.19. The molecule has 0 fully saturated rings. The van der Waals surface area contributed by atoms with E-state index in [0.29, 0.717) is 47.3 Å². The Morgan fingerprint density at radius 1 is 1.12 bits per heavy atom. The molecule has 11 heteroatoms. The number of esters is 1. The van der Waals surface area contributed by atoms with Crippen molar-refractivity contribution in [2.24, 2.45) is 0 Å². The van der Waals surface area contributed by atoms with Gasteiger partial charge in [0.25, 0.3) is 0 Å². The Bertz CT molecular complexity index is 1340. The number of halogens is 1. The third-order valence-corrected chi connectivity index (χ3v) is 4.99. The predicted molar refractivity (Wildman–Crippen MR) is 118 cm³/mol. The minimum Gasteiger partial charge on any atom is -0.486 e. The van der Waals surface area contributed by atoms with Crippen molar-refractivity contribution in [3.63, 3.8) is 0 Å². The van der Waals surface area contributed by atoms with Crippen molar-refractivity contribution in [1.82, 2.24) is 20.2 Å². The molecule has 1 aliphatic heterocycles. The van der Waals surface area contributed by atoms with Gasteiger partial charge in [0.15, 0.2) is 23.1 Å². The zero-order valence-electron chi connectivity index (χ0n) is 17.5. The second-order valence-electron chi connectivity index (χ2n) is 7.19. The maximum absolute atomic E-state index is 14.4. The van der Waals surface area contributed by atoms with E-state index in [1.54, 1.807) is 36.4 Å². The molecule has 2 aromatic heterocycles. The van der Waals surface area contributed by atoms with E-state index in [1.807, 2.05) is 0 Å². The van der Waals surface area contributed by atoms with Gasteiger partial charge in [-0.25, -0.2) is 9.37 Å². The summed E-state index contributed by atoms with van der Waals surface area (Å²) in [6, 6.07) is 10.6. The number of fused-ring (bicyclic) bond motifs is 2. The number of nitrogens with one attached hydrogen (secondary N) is 3. The minimum absolute atomic E-state index is 0.0000488. The molecule has 3 heterocycles. The molecule has 168 valence electrons. The van der Waals surface area contributed by atoms with E-state index in [-0.39, 0.29) is 24.2 Å². The lowest BCUT2D eigenvalue weighted by Gasteiger charge is -2.19. The first-order valence-electron chi connectivity index (χ1n) is 10.1. The van der Waals surface area contributed by atoms with Crippen molar-refractivity contribution in [2.45, 2.75) is 6.42 Å². The molecule has 2 aromatic carbocycles. The van der Waals surface area contributed by atoms with Crippen LogP contribution >= 0.6 is 0 Å². The van der Waals surface area contributed by atoms with Crippen molar-refractivity contribution in [1.29, 1.82) is 0 Å². The molecule has 5 rings (SSSR count). The number of hydrogen-bond donors (Lipinski definition) is 3. The maximum Gasteiger partial charge on any atom is 0.311 e. The van der Waals surface area contributed by atoms with E-state index in [9.17, 15) is 9.18 Å². The zero-order chi connectivity index (χ0) is 22.8. The summed E-state index contributed by atoms with van der Waals surface area (Å²) in [6.45, 7) is 0.943. The highest BCUT2D eigenvalue weighted by atomic mass is 19.1. The average molecular weight is 450 g/mol. The van der Waals surface area contributed by atoms with Crippen LogP contribution in [0, 0.1) is 5.82 Å². The number of methoxy groups -OCH3 is 1. The molecule has 0 amide bonds. The van der Waals surface area contributed by atoms with Crippen LogP contribution in [-0.2, 0) is 16.0 Å². The van der Waals surface area contributed by atoms with Gasteiger partial charge in [-0.1, -0.05) is 0 Å². The molecule has 0 atom stereocenters. The Morgan fingerprint density at radius 3 is 2.76 bits per heavy atom. The van der Waals surface area contributed by atoms with Gasteiger partial charge in [0, 0.05) is 22.8 Å². The largest absolute Gasteiger partial charge is 0.486 e. The summed E-state index contributed by atoms with van der Waals surface area (Å²) in [5.41, 5.74) is 2.56. The van der Waals surface area contributed by atoms with Gasteiger partial charge in [-0.05, 0) is 30.3 Å². The number of carbonyl (C=O) groups is 1. The number of hydrogen-bond acceptors (Lipinski definition) is 9. The summed E-state index contributed by atoms with van der Waals surface area (Å²) in [4.78, 5) is 19.9. The number of carbonyl (C=O) groups excluding carboxylic acids is 1. The van der Waals surface area contributed by atoms with Gasteiger partial charge >= 0.3 is 5.97 Å². The van der Waals surface area contributed by atoms with Gasteiger partial charge in [0.05, 0.1) is 30.9 Å². The summed E-state index contributed by atoms with van der Waals surface area (Å²) in [7, 11) is 1.33. The highest BCUT2D eigenvalue weighted by molar-refractivity contribution is 5.88. The van der Waals surface area contributed by atoms with Crippen molar-refractivity contribution in [3.05, 3.63) is 54.1 Å². The summed E-state index contributed by atoms with van der Waals surface area (Å²) in [5, 5.41) is 13.8. The van der Waals surface area contributed by atoms with Crippen molar-refractivity contribution >= 4 is 40.0 Å². The van der Waals surface area contributed by atoms with E-state index < -0.39 is 5.82 Å². The monoisotopic (exact) mass is 450 g/mol. The summed E-state index contributed by atoms with van der Waals surface area (Å²) in [6.07, 6.45) is 1.14. The van der Waals surface area contributed by atoms with Crippen LogP contribution in [0.5, 0.6) is 11.5 Å². The van der Waals surface area contributed by atoms with Crippen LogP contribution in [-0.4, -0.2) is 46.5 Å². The van der Waals surface area contributed by atoms with E-state index in [0.717, 1.165) is 11.6 Å². The first-order chi connectivity index (χ1) is 16.1. The van der Waals surface area contributed by atoms with E-state index in [4.69, 9.17) is 14.2 Å². The van der Waals surface area contributed by atoms with Gasteiger partial charge in [-0.3, -0.25) is 9.89 Å². The normalized spacial score (nSPS) is 12.4. The van der Waals surface area contributed by atoms with Gasteiger partial charge in [0.2, 0.25) is 5.95 Å². The number of ether oxygens (including phenoxy) is 3. The molecule has 10 nitrogen and oxygen atoms in total. The van der Waals surface area contributed by atoms with Gasteiger partial charge in [0.1, 0.15) is 13.2 Å². The summed E-state index contributed by atoms with van der Waals surface area (Å²) >= 11 is 0. The maximum atomic E-state index is 14.4. The van der Waals surface area contributed by atoms with Crippen molar-refractivity contribution in [2.75, 3.05) is 31.0 Å². The van der Waals surface area contributed by atoms with Crippen molar-refractivity contribution < 1.29 is 23.4 Å². The Hall–Kier alpha value is -4.41. The van der Waals surface area contributed by atoms with Crippen LogP contribution < -0.4 is 20.1 Å². The molecule has 1 aliphatic rings. The number of benzene rings is 2. The molecule has 4 aromatic rings. The molecule has 0 saturated carbocycles. The number of H-pyrrole nitrogens is 1. The lowest BCUT2D eigenvalue weighted by molar-refractivity contribution is -0.139. The van der Waals surface area contributed by atoms with E-state index in [2.05, 4.69) is 30.8 Å². The van der Waals surface area contributed by atoms with Crippen LogP contribution in [0.2, 0.25) is 0 Å². The Kier molecular flexibility index (Phi) is 5.35. The van der Waals surface area contributed by atoms with E-state index >= 15 is 0 Å². The SMILES string of the molecule is COC(=O)Cc1[nH]nc2ccc(Nc3ncc(F)c(Nc4ccc5c(c4)OCCO5)n3)cc12. The molecular formula is C22H19FN6O4. The molecule has 0 unspecified atom stereocenters. The molecule has 3 N–H and O–H groups in total. The van der Waals surface area contributed by atoms with Crippen LogP contribution in [0.1, 0.15) is 5.69 Å². The Labute approximate surface area is 187 Å². The zero-order valence-corrected chi connectivity index (χ0v) is 17.5. The highest BCUT2D eigenvalue weighted by Gasteiger charge is 2.15. The molecule has 0 aliphatic carbocycles. The number of aromatic nitrogens is 4. The number of rotatable bonds is 6. The quantitative estimate of drug-likeness (QED) is 0.379. The Balaban J connectivity index is 1.37. The second kappa shape index (κ2) is 8.61. The van der Waals surface area contributed by atoms with Crippen LogP contribution in [0.4, 0.5) is 27.5 Å². The third-order valence-electron chi connectivity index (χ3n) is 4.99. The number of nitrogens with zero attached hydrogens (tertiary/aromatic N) is 3. The lowest BCUT2D eigenvalue weighted by Crippen LogP contribution is -2.15. The highest BCUT2D eigenvalue weighted by Crippen LogP contribution is 2.34. The first kappa shape index (κ1) is 20.5. The lowest BCUT2D eigenvalue weighted by atomic mass is 10.1. The average Bonchev–Trinajstić information content (AvgIpc) is 3.23. The molecule has 0 radical (unpaired) electrons. The van der Waals surface area contributed by atoms with Crippen LogP contribution in [0.25, 0.3) is 10.9 Å². The first-order valence-corrected chi connectivity index (χ1v) is 10.1. The van der Waals surface area contributed by atoms with E-state index in [1.165, 1.54) is 7.11 Å². The summed E-state index contributed by atoms with van der Waals surface area (Å²) in [5.74, 6) is 0.416. The number of aromatic amines is 1. The molecule has 0 bridgehead atoms. The minimum atomic E-state index is -0.610. The molecule has 0 saturated heterocycles. The van der Waals surface area contributed by atoms with Gasteiger partial charge in [-0.2, -0.15) is 10.1 Å². The van der Waals surface area contributed by atoms with Gasteiger partial charge < -0.3 is 24.8 Å². The standard InChI is InChI=1S/C22H19FN6O4/c1-31-20(30)10-17-14-8-12(2-4-16(14)28-29-17)26-22-24-11-15(23)21(27-22)25-13-3-5-18-19(9-13)33-7-6-32-18/h2-5,8-9,11H,6-7,10H2,1H3,(H,28,29)(H2,24,25,26,27). The molecule has 33 heavy (non-hydrogen) atoms. The summed E-state index contributed by atoms with van der Waals surface area (Å²) < 4.78 is 30.2. The van der Waals surface area contributed by atoms with Gasteiger partial charge in [-0.15, -0.1) is 0 Å². The van der Waals surface area contributed by atoms with Crippen molar-refractivity contribution in [3.8, 4) is 11.5 Å². The third kappa shape index (κ3) is 4.33. The fourth-order valence-corrected chi connectivity index (χ4v) is 3.39. The van der Waals surface area contributed by atoms with Crippen LogP contribution in [0.15, 0.2) is 42.6 Å². The number of anilines is 4. The van der Waals surface area contributed by atoms with Crippen LogP contribution in [0.3, 0.4) is 0 Å². The smallest absolute Gasteiger partial charge is 0.311 e. The topological polar surface area (TPSA) is 123 Å². The molecule has 0 spiro atoms. The fraction of sp³-hybridized carbons (Fsp3) is 0.182. The predicted octanol–water partition coefficient (Wildman–Crippen LogP) is 3.47. The Morgan fingerprint density at radius 2 is 1.91 bits per heavy atom. The molecular weight excluding hydrogens is 431 g/mol.